The summed E-state index contributed by atoms with van der Waals surface area (Å²) in [5.41, 5.74) is 16.8. The lowest BCUT2D eigenvalue weighted by Gasteiger charge is -2.26. The van der Waals surface area contributed by atoms with Crippen LogP contribution in [0.25, 0.3) is 77.8 Å². The van der Waals surface area contributed by atoms with Gasteiger partial charge in [-0.3, -0.25) is 4.98 Å². The molecule has 0 spiro atoms. The molecule has 0 aliphatic rings. The number of aromatic amines is 1. The minimum absolute atomic E-state index is 0.00137. The van der Waals surface area contributed by atoms with Gasteiger partial charge >= 0.3 is 0 Å². The molecule has 0 aliphatic heterocycles. The van der Waals surface area contributed by atoms with Gasteiger partial charge in [0.15, 0.2) is 0 Å². The number of H-pyrrole nitrogens is 1. The molecule has 8 rings (SSSR count). The molecular formula is C49H45N3. The van der Waals surface area contributed by atoms with Crippen LogP contribution in [0.4, 0.5) is 0 Å². The maximum atomic E-state index is 5.44. The van der Waals surface area contributed by atoms with Crippen molar-refractivity contribution in [1.82, 2.24) is 15.0 Å². The minimum atomic E-state index is -0.00137. The van der Waals surface area contributed by atoms with E-state index in [1.54, 1.807) is 0 Å². The Hall–Kier alpha value is -5.80. The van der Waals surface area contributed by atoms with E-state index in [4.69, 9.17) is 9.97 Å². The van der Waals surface area contributed by atoms with E-state index in [2.05, 4.69) is 187 Å². The number of para-hydroxylation sites is 2. The second-order valence-corrected chi connectivity index (χ2v) is 16.2. The predicted molar refractivity (Wildman–Crippen MR) is 221 cm³/mol. The molecule has 0 radical (unpaired) electrons. The van der Waals surface area contributed by atoms with Gasteiger partial charge in [0.2, 0.25) is 0 Å². The Morgan fingerprint density at radius 3 is 1.79 bits per heavy atom. The van der Waals surface area contributed by atoms with Gasteiger partial charge < -0.3 is 4.98 Å². The van der Waals surface area contributed by atoms with Crippen LogP contribution in [0.2, 0.25) is 0 Å². The molecule has 0 aliphatic carbocycles. The minimum Gasteiger partial charge on any atom is -0.354 e. The fraction of sp³-hybridized carbons (Fsp3) is 0.184. The lowest BCUT2D eigenvalue weighted by atomic mass is 9.79. The van der Waals surface area contributed by atoms with Crippen LogP contribution in [0.15, 0.2) is 140 Å². The highest BCUT2D eigenvalue weighted by atomic mass is 14.7. The van der Waals surface area contributed by atoms with Crippen molar-refractivity contribution in [3.63, 3.8) is 0 Å². The molecule has 3 heteroatoms. The standard InChI is InChI=1S/C49H45N3/c1-31-30-50-44(29-42(31)32-15-9-8-10-16-32)33-17-13-18-34(23-33)45-26-36(35-24-37(48(2,3)4)28-38(25-35)49(5,6)7)27-46(51-45)41-21-14-20-40-39-19-11-12-22-43(39)52-47(40)41/h8-30,52H,1-7H3. The van der Waals surface area contributed by atoms with Gasteiger partial charge in [0.25, 0.3) is 0 Å². The zero-order valence-corrected chi connectivity index (χ0v) is 31.2. The van der Waals surface area contributed by atoms with Crippen molar-refractivity contribution in [2.45, 2.75) is 59.3 Å². The molecule has 256 valence electrons. The number of aryl methyl sites for hydroxylation is 1. The number of pyridine rings is 2. The summed E-state index contributed by atoms with van der Waals surface area (Å²) >= 11 is 0. The van der Waals surface area contributed by atoms with Gasteiger partial charge in [-0.1, -0.05) is 145 Å². The Bertz CT molecular complexity index is 2560. The van der Waals surface area contributed by atoms with Crippen LogP contribution in [-0.4, -0.2) is 15.0 Å². The second kappa shape index (κ2) is 12.8. The first-order valence-corrected chi connectivity index (χ1v) is 18.2. The molecule has 0 atom stereocenters. The highest BCUT2D eigenvalue weighted by Gasteiger charge is 2.22. The molecule has 8 aromatic rings. The molecule has 0 bridgehead atoms. The smallest absolute Gasteiger partial charge is 0.0736 e. The summed E-state index contributed by atoms with van der Waals surface area (Å²) < 4.78 is 0. The normalized spacial score (nSPS) is 12.1. The lowest BCUT2D eigenvalue weighted by Crippen LogP contribution is -2.16. The molecule has 3 heterocycles. The van der Waals surface area contributed by atoms with Gasteiger partial charge in [0.05, 0.1) is 22.6 Å². The number of nitrogens with one attached hydrogen (secondary N) is 1. The van der Waals surface area contributed by atoms with Crippen molar-refractivity contribution >= 4 is 21.8 Å². The van der Waals surface area contributed by atoms with Crippen molar-refractivity contribution in [2.75, 3.05) is 0 Å². The Labute approximate surface area is 307 Å². The van der Waals surface area contributed by atoms with Gasteiger partial charge in [-0.25, -0.2) is 4.98 Å². The first kappa shape index (κ1) is 33.3. The van der Waals surface area contributed by atoms with Crippen molar-refractivity contribution < 1.29 is 0 Å². The molecule has 0 amide bonds. The molecular weight excluding hydrogens is 631 g/mol. The van der Waals surface area contributed by atoms with Crippen molar-refractivity contribution in [2.24, 2.45) is 0 Å². The highest BCUT2D eigenvalue weighted by Crippen LogP contribution is 2.39. The van der Waals surface area contributed by atoms with E-state index in [0.717, 1.165) is 55.9 Å². The van der Waals surface area contributed by atoms with Crippen LogP contribution in [0.5, 0.6) is 0 Å². The van der Waals surface area contributed by atoms with E-state index < -0.39 is 0 Å². The van der Waals surface area contributed by atoms with E-state index in [1.807, 2.05) is 6.20 Å². The zero-order valence-electron chi connectivity index (χ0n) is 31.2. The molecule has 0 fully saturated rings. The number of benzene rings is 5. The van der Waals surface area contributed by atoms with Gasteiger partial charge in [0, 0.05) is 39.2 Å². The summed E-state index contributed by atoms with van der Waals surface area (Å²) in [6, 6.07) is 48.2. The van der Waals surface area contributed by atoms with Crippen LogP contribution < -0.4 is 0 Å². The fourth-order valence-corrected chi connectivity index (χ4v) is 7.18. The molecule has 0 saturated carbocycles. The first-order chi connectivity index (χ1) is 24.9. The third-order valence-electron chi connectivity index (χ3n) is 10.3. The SMILES string of the molecule is Cc1cnc(-c2cccc(-c3cc(-c4cc(C(C)(C)C)cc(C(C)(C)C)c4)cc(-c4cccc5c4[nH]c4ccccc45)n3)c2)cc1-c1ccccc1. The average Bonchev–Trinajstić information content (AvgIpc) is 3.53. The summed E-state index contributed by atoms with van der Waals surface area (Å²) in [7, 11) is 0. The number of hydrogen-bond acceptors (Lipinski definition) is 2. The molecule has 52 heavy (non-hydrogen) atoms. The molecule has 3 nitrogen and oxygen atoms in total. The Kier molecular flexibility index (Phi) is 8.18. The average molecular weight is 676 g/mol. The third-order valence-corrected chi connectivity index (χ3v) is 10.3. The topological polar surface area (TPSA) is 41.6 Å². The number of nitrogens with zero attached hydrogens (tertiary/aromatic N) is 2. The van der Waals surface area contributed by atoms with Crippen LogP contribution >= 0.6 is 0 Å². The molecule has 3 aromatic heterocycles. The Morgan fingerprint density at radius 2 is 1.06 bits per heavy atom. The zero-order chi connectivity index (χ0) is 36.2. The lowest BCUT2D eigenvalue weighted by molar-refractivity contribution is 0.569. The maximum absolute atomic E-state index is 5.44. The first-order valence-electron chi connectivity index (χ1n) is 18.2. The van der Waals surface area contributed by atoms with Crippen LogP contribution in [0, 0.1) is 6.92 Å². The Balaban J connectivity index is 1.34. The van der Waals surface area contributed by atoms with E-state index >= 15 is 0 Å². The molecule has 0 saturated heterocycles. The van der Waals surface area contributed by atoms with Crippen LogP contribution in [-0.2, 0) is 10.8 Å². The van der Waals surface area contributed by atoms with E-state index in [9.17, 15) is 0 Å². The summed E-state index contributed by atoms with van der Waals surface area (Å²) in [6.07, 6.45) is 1.98. The summed E-state index contributed by atoms with van der Waals surface area (Å²) in [5.74, 6) is 0. The number of fused-ring (bicyclic) bond motifs is 3. The van der Waals surface area contributed by atoms with E-state index in [-0.39, 0.29) is 10.8 Å². The van der Waals surface area contributed by atoms with Gasteiger partial charge in [-0.15, -0.1) is 0 Å². The van der Waals surface area contributed by atoms with E-state index in [0.29, 0.717) is 0 Å². The van der Waals surface area contributed by atoms with Gasteiger partial charge in [0.1, 0.15) is 0 Å². The monoisotopic (exact) mass is 675 g/mol. The second-order valence-electron chi connectivity index (χ2n) is 16.2. The maximum Gasteiger partial charge on any atom is 0.0736 e. The number of rotatable bonds is 5. The van der Waals surface area contributed by atoms with Crippen molar-refractivity contribution in [3.8, 4) is 56.0 Å². The Morgan fingerprint density at radius 1 is 0.462 bits per heavy atom. The largest absolute Gasteiger partial charge is 0.354 e. The third kappa shape index (κ3) is 6.32. The summed E-state index contributed by atoms with van der Waals surface area (Å²) in [5, 5.41) is 2.42. The highest BCUT2D eigenvalue weighted by molar-refractivity contribution is 6.11. The van der Waals surface area contributed by atoms with Crippen LogP contribution in [0.3, 0.4) is 0 Å². The fourth-order valence-electron chi connectivity index (χ4n) is 7.18. The van der Waals surface area contributed by atoms with Gasteiger partial charge in [-0.05, 0) is 87.0 Å². The summed E-state index contributed by atoms with van der Waals surface area (Å²) in [6.45, 7) is 15.9. The molecule has 1 N–H and O–H groups in total. The molecule has 5 aromatic carbocycles. The van der Waals surface area contributed by atoms with E-state index in [1.165, 1.54) is 38.6 Å². The van der Waals surface area contributed by atoms with Crippen LogP contribution in [0.1, 0.15) is 58.2 Å². The molecule has 0 unspecified atom stereocenters. The predicted octanol–water partition coefficient (Wildman–Crippen LogP) is 13.3. The number of hydrogen-bond donors (Lipinski definition) is 1. The van der Waals surface area contributed by atoms with Crippen molar-refractivity contribution in [3.05, 3.63) is 156 Å². The van der Waals surface area contributed by atoms with Gasteiger partial charge in [-0.2, -0.15) is 0 Å². The summed E-state index contributed by atoms with van der Waals surface area (Å²) in [4.78, 5) is 14.1. The number of aromatic nitrogens is 3. The van der Waals surface area contributed by atoms with Crippen molar-refractivity contribution in [1.29, 1.82) is 0 Å². The quantitative estimate of drug-likeness (QED) is 0.197.